The minimum absolute atomic E-state index is 0.0701. The lowest BCUT2D eigenvalue weighted by atomic mass is 10.1. The van der Waals surface area contributed by atoms with Gasteiger partial charge in [0.25, 0.3) is 5.91 Å². The Balaban J connectivity index is 1.62. The van der Waals surface area contributed by atoms with Crippen LogP contribution in [0.4, 0.5) is 0 Å². The predicted octanol–water partition coefficient (Wildman–Crippen LogP) is 3.74. The molecule has 148 valence electrons. The van der Waals surface area contributed by atoms with Crippen molar-refractivity contribution in [2.45, 2.75) is 26.8 Å². The van der Waals surface area contributed by atoms with Gasteiger partial charge < -0.3 is 23.8 Å². The quantitative estimate of drug-likeness (QED) is 0.645. The van der Waals surface area contributed by atoms with Gasteiger partial charge in [-0.1, -0.05) is 6.07 Å². The van der Waals surface area contributed by atoms with E-state index in [9.17, 15) is 4.79 Å². The van der Waals surface area contributed by atoms with Crippen molar-refractivity contribution in [1.29, 1.82) is 0 Å². The highest BCUT2D eigenvalue weighted by Gasteiger charge is 2.16. The lowest BCUT2D eigenvalue weighted by Crippen LogP contribution is -2.26. The van der Waals surface area contributed by atoms with Crippen LogP contribution in [0.15, 0.2) is 47.1 Å². The number of hydrogen-bond donors (Lipinski definition) is 1. The molecule has 0 fully saturated rings. The van der Waals surface area contributed by atoms with Gasteiger partial charge in [0.05, 0.1) is 32.6 Å². The highest BCUT2D eigenvalue weighted by Crippen LogP contribution is 2.27. The normalized spacial score (nSPS) is 10.7. The molecule has 3 rings (SSSR count). The molecule has 3 aromatic rings. The molecule has 0 spiro atoms. The lowest BCUT2D eigenvalue weighted by Gasteiger charge is -2.10. The van der Waals surface area contributed by atoms with Crippen LogP contribution in [0.3, 0.4) is 0 Å². The molecule has 0 unspecified atom stereocenters. The Hall–Kier alpha value is -3.15. The second-order valence-electron chi connectivity index (χ2n) is 6.65. The van der Waals surface area contributed by atoms with Gasteiger partial charge in [0.1, 0.15) is 5.76 Å². The predicted molar refractivity (Wildman–Crippen MR) is 107 cm³/mol. The number of nitrogens with zero attached hydrogens (tertiary/aromatic N) is 1. The Morgan fingerprint density at radius 1 is 1.11 bits per heavy atom. The first-order valence-corrected chi connectivity index (χ1v) is 9.21. The van der Waals surface area contributed by atoms with Gasteiger partial charge in [-0.05, 0) is 56.2 Å². The topological polar surface area (TPSA) is 65.6 Å². The van der Waals surface area contributed by atoms with Gasteiger partial charge in [0.2, 0.25) is 0 Å². The first kappa shape index (κ1) is 19.6. The maximum atomic E-state index is 12.7. The number of methoxy groups -OCH3 is 2. The van der Waals surface area contributed by atoms with Crippen molar-refractivity contribution >= 4 is 5.91 Å². The summed E-state index contributed by atoms with van der Waals surface area (Å²) in [5.41, 5.74) is 3.72. The monoisotopic (exact) mass is 382 g/mol. The molecule has 2 aromatic heterocycles. The fourth-order valence-corrected chi connectivity index (χ4v) is 3.28. The van der Waals surface area contributed by atoms with E-state index >= 15 is 0 Å². The molecule has 1 aromatic carbocycles. The van der Waals surface area contributed by atoms with Crippen molar-refractivity contribution in [1.82, 2.24) is 9.88 Å². The summed E-state index contributed by atoms with van der Waals surface area (Å²) in [4.78, 5) is 12.7. The summed E-state index contributed by atoms with van der Waals surface area (Å²) < 4.78 is 18.1. The molecule has 2 heterocycles. The summed E-state index contributed by atoms with van der Waals surface area (Å²) in [5.74, 6) is 2.17. The molecule has 0 saturated carbocycles. The van der Waals surface area contributed by atoms with Crippen LogP contribution >= 0.6 is 0 Å². The summed E-state index contributed by atoms with van der Waals surface area (Å²) >= 11 is 0. The summed E-state index contributed by atoms with van der Waals surface area (Å²) in [7, 11) is 3.22. The molecular formula is C22H26N2O4. The summed E-state index contributed by atoms with van der Waals surface area (Å²) in [6.07, 6.45) is 2.36. The molecule has 1 amide bonds. The zero-order chi connectivity index (χ0) is 20.1. The minimum atomic E-state index is -0.0701. The van der Waals surface area contributed by atoms with E-state index in [1.165, 1.54) is 0 Å². The molecule has 0 saturated heterocycles. The van der Waals surface area contributed by atoms with Gasteiger partial charge in [-0.15, -0.1) is 0 Å². The standard InChI is InChI=1S/C22H26N2O4/c1-15-12-19(16(2)24(15)14-18-6-5-11-28-18)22(25)23-10-9-17-7-8-20(26-3)21(13-17)27-4/h5-8,11-13H,9-10,14H2,1-4H3,(H,23,25). The van der Waals surface area contributed by atoms with Crippen LogP contribution in [0.1, 0.15) is 33.1 Å². The van der Waals surface area contributed by atoms with Crippen LogP contribution in [0, 0.1) is 13.8 Å². The maximum Gasteiger partial charge on any atom is 0.253 e. The number of carbonyl (C=O) groups is 1. The second-order valence-corrected chi connectivity index (χ2v) is 6.65. The van der Waals surface area contributed by atoms with E-state index in [-0.39, 0.29) is 5.91 Å². The molecule has 0 aliphatic rings. The Morgan fingerprint density at radius 3 is 2.57 bits per heavy atom. The molecule has 0 bridgehead atoms. The minimum Gasteiger partial charge on any atom is -0.493 e. The molecule has 28 heavy (non-hydrogen) atoms. The second kappa shape index (κ2) is 8.69. The Bertz CT molecular complexity index is 942. The fourth-order valence-electron chi connectivity index (χ4n) is 3.28. The average Bonchev–Trinajstić information content (AvgIpc) is 3.31. The van der Waals surface area contributed by atoms with Crippen molar-refractivity contribution in [3.63, 3.8) is 0 Å². The number of benzene rings is 1. The van der Waals surface area contributed by atoms with E-state index in [1.807, 2.05) is 50.2 Å². The number of hydrogen-bond acceptors (Lipinski definition) is 4. The van der Waals surface area contributed by atoms with Gasteiger partial charge in [-0.2, -0.15) is 0 Å². The summed E-state index contributed by atoms with van der Waals surface area (Å²) in [5, 5.41) is 3.01. The van der Waals surface area contributed by atoms with Gasteiger partial charge >= 0.3 is 0 Å². The fraction of sp³-hybridized carbons (Fsp3) is 0.318. The molecule has 0 aliphatic heterocycles. The lowest BCUT2D eigenvalue weighted by molar-refractivity contribution is 0.0953. The number of rotatable bonds is 8. The van der Waals surface area contributed by atoms with E-state index < -0.39 is 0 Å². The molecule has 6 nitrogen and oxygen atoms in total. The van der Waals surface area contributed by atoms with Crippen molar-refractivity contribution < 1.29 is 18.7 Å². The van der Waals surface area contributed by atoms with Gasteiger partial charge in [0.15, 0.2) is 11.5 Å². The smallest absolute Gasteiger partial charge is 0.253 e. The molecule has 0 atom stereocenters. The third kappa shape index (κ3) is 4.22. The number of nitrogens with one attached hydrogen (secondary N) is 1. The van der Waals surface area contributed by atoms with Gasteiger partial charge in [-0.3, -0.25) is 4.79 Å². The van der Waals surface area contributed by atoms with Crippen LogP contribution in [0.5, 0.6) is 11.5 Å². The SMILES string of the molecule is COc1ccc(CCNC(=O)c2cc(C)n(Cc3ccco3)c2C)cc1OC. The zero-order valence-corrected chi connectivity index (χ0v) is 16.7. The molecular weight excluding hydrogens is 356 g/mol. The Labute approximate surface area is 165 Å². The Kier molecular flexibility index (Phi) is 6.09. The largest absolute Gasteiger partial charge is 0.493 e. The third-order valence-electron chi connectivity index (χ3n) is 4.86. The van der Waals surface area contributed by atoms with Crippen molar-refractivity contribution in [3.8, 4) is 11.5 Å². The number of furan rings is 1. The number of aromatic nitrogens is 1. The van der Waals surface area contributed by atoms with E-state index in [4.69, 9.17) is 13.9 Å². The van der Waals surface area contributed by atoms with Crippen LogP contribution in [-0.2, 0) is 13.0 Å². The molecule has 0 aliphatic carbocycles. The highest BCUT2D eigenvalue weighted by molar-refractivity contribution is 5.95. The van der Waals surface area contributed by atoms with Crippen molar-refractivity contribution in [2.24, 2.45) is 0 Å². The maximum absolute atomic E-state index is 12.7. The first-order valence-electron chi connectivity index (χ1n) is 9.21. The third-order valence-corrected chi connectivity index (χ3v) is 4.86. The van der Waals surface area contributed by atoms with Crippen LogP contribution in [-0.4, -0.2) is 31.2 Å². The molecule has 0 radical (unpaired) electrons. The van der Waals surface area contributed by atoms with E-state index in [2.05, 4.69) is 9.88 Å². The molecule has 1 N–H and O–H groups in total. The van der Waals surface area contributed by atoms with Crippen LogP contribution < -0.4 is 14.8 Å². The molecule has 6 heteroatoms. The van der Waals surface area contributed by atoms with E-state index in [0.717, 1.165) is 22.7 Å². The summed E-state index contributed by atoms with van der Waals surface area (Å²) in [6.45, 7) is 5.11. The van der Waals surface area contributed by atoms with Gasteiger partial charge in [0, 0.05) is 17.9 Å². The average molecular weight is 382 g/mol. The number of carbonyl (C=O) groups excluding carboxylic acids is 1. The number of aryl methyl sites for hydroxylation is 1. The van der Waals surface area contributed by atoms with E-state index in [0.29, 0.717) is 36.6 Å². The van der Waals surface area contributed by atoms with Crippen LogP contribution in [0.25, 0.3) is 0 Å². The van der Waals surface area contributed by atoms with Crippen molar-refractivity contribution in [2.75, 3.05) is 20.8 Å². The number of amides is 1. The van der Waals surface area contributed by atoms with Crippen LogP contribution in [0.2, 0.25) is 0 Å². The Morgan fingerprint density at radius 2 is 1.89 bits per heavy atom. The zero-order valence-electron chi connectivity index (χ0n) is 16.7. The van der Waals surface area contributed by atoms with Gasteiger partial charge in [-0.25, -0.2) is 0 Å². The van der Waals surface area contributed by atoms with Crippen molar-refractivity contribution in [3.05, 3.63) is 70.9 Å². The van der Waals surface area contributed by atoms with E-state index in [1.54, 1.807) is 20.5 Å². The number of ether oxygens (including phenoxy) is 2. The first-order chi connectivity index (χ1) is 13.5. The highest BCUT2D eigenvalue weighted by atomic mass is 16.5. The summed E-state index contributed by atoms with van der Waals surface area (Å²) in [6, 6.07) is 11.5.